The number of esters is 1. The van der Waals surface area contributed by atoms with Crippen molar-refractivity contribution in [2.45, 2.75) is 32.2 Å². The fourth-order valence-corrected chi connectivity index (χ4v) is 3.92. The Kier molecular flexibility index (Phi) is 5.51. The largest absolute Gasteiger partial charge is 0.465 e. The van der Waals surface area contributed by atoms with E-state index in [0.29, 0.717) is 24.0 Å². The molecule has 0 radical (unpaired) electrons. The molecule has 130 valence electrons. The van der Waals surface area contributed by atoms with Gasteiger partial charge in [0.05, 0.1) is 6.61 Å². The molecule has 0 N–H and O–H groups in total. The third-order valence-corrected chi connectivity index (χ3v) is 5.11. The average molecular weight is 331 g/mol. The van der Waals surface area contributed by atoms with Crippen LogP contribution in [0.15, 0.2) is 30.3 Å². The number of carbonyl (C=O) groups excluding carboxylic acids is 2. The van der Waals surface area contributed by atoms with Gasteiger partial charge >= 0.3 is 5.97 Å². The molecule has 2 fully saturated rings. The van der Waals surface area contributed by atoms with E-state index in [1.54, 1.807) is 24.0 Å². The fourth-order valence-electron chi connectivity index (χ4n) is 3.92. The Morgan fingerprint density at radius 3 is 2.67 bits per heavy atom. The van der Waals surface area contributed by atoms with Crippen LogP contribution in [-0.4, -0.2) is 49.2 Å². The Labute approximate surface area is 142 Å². The summed E-state index contributed by atoms with van der Waals surface area (Å²) >= 11 is 0. The van der Waals surface area contributed by atoms with E-state index in [4.69, 9.17) is 9.47 Å². The molecular formula is C19H25NO4. The van der Waals surface area contributed by atoms with Crippen molar-refractivity contribution < 1.29 is 19.1 Å². The van der Waals surface area contributed by atoms with Gasteiger partial charge in [-0.05, 0) is 50.2 Å². The number of carbonyl (C=O) groups is 2. The number of ether oxygens (including phenoxy) is 2. The van der Waals surface area contributed by atoms with Crippen molar-refractivity contribution in [1.29, 1.82) is 0 Å². The molecule has 0 bridgehead atoms. The highest BCUT2D eigenvalue weighted by Crippen LogP contribution is 2.39. The van der Waals surface area contributed by atoms with Crippen molar-refractivity contribution in [3.8, 4) is 0 Å². The number of rotatable bonds is 5. The summed E-state index contributed by atoms with van der Waals surface area (Å²) in [5.74, 6) is 0.662. The second-order valence-corrected chi connectivity index (χ2v) is 6.61. The summed E-state index contributed by atoms with van der Waals surface area (Å²) in [6.07, 6.45) is 2.91. The maximum atomic E-state index is 13.0. The zero-order valence-corrected chi connectivity index (χ0v) is 14.1. The van der Waals surface area contributed by atoms with Crippen LogP contribution in [0.1, 0.15) is 36.5 Å². The molecule has 0 aromatic heterocycles. The average Bonchev–Trinajstić information content (AvgIpc) is 3.04. The first-order chi connectivity index (χ1) is 11.7. The van der Waals surface area contributed by atoms with Gasteiger partial charge in [0.2, 0.25) is 0 Å². The summed E-state index contributed by atoms with van der Waals surface area (Å²) in [5, 5.41) is 0. The van der Waals surface area contributed by atoms with Crippen LogP contribution in [0.2, 0.25) is 0 Å². The number of benzene rings is 1. The van der Waals surface area contributed by atoms with E-state index >= 15 is 0 Å². The van der Waals surface area contributed by atoms with Crippen molar-refractivity contribution >= 4 is 11.9 Å². The van der Waals surface area contributed by atoms with Crippen LogP contribution < -0.4 is 0 Å². The third kappa shape index (κ3) is 3.78. The van der Waals surface area contributed by atoms with E-state index in [-0.39, 0.29) is 24.5 Å². The van der Waals surface area contributed by atoms with Gasteiger partial charge in [-0.1, -0.05) is 18.2 Å². The van der Waals surface area contributed by atoms with Crippen LogP contribution in [0.4, 0.5) is 0 Å². The van der Waals surface area contributed by atoms with Crippen LogP contribution in [0.3, 0.4) is 0 Å². The molecule has 24 heavy (non-hydrogen) atoms. The van der Waals surface area contributed by atoms with Crippen molar-refractivity contribution in [1.82, 2.24) is 4.90 Å². The van der Waals surface area contributed by atoms with Crippen molar-refractivity contribution in [2.24, 2.45) is 11.8 Å². The van der Waals surface area contributed by atoms with Gasteiger partial charge in [0.25, 0.3) is 5.91 Å². The molecule has 1 aromatic carbocycles. The van der Waals surface area contributed by atoms with E-state index in [0.717, 1.165) is 32.5 Å². The van der Waals surface area contributed by atoms with Crippen LogP contribution >= 0.6 is 0 Å². The molecule has 1 saturated carbocycles. The first-order valence-corrected chi connectivity index (χ1v) is 8.78. The van der Waals surface area contributed by atoms with E-state index < -0.39 is 0 Å². The Morgan fingerprint density at radius 1 is 1.21 bits per heavy atom. The Balaban J connectivity index is 1.77. The van der Waals surface area contributed by atoms with Gasteiger partial charge in [0.15, 0.2) is 0 Å². The minimum atomic E-state index is -0.340. The van der Waals surface area contributed by atoms with E-state index in [9.17, 15) is 9.59 Å². The Bertz CT molecular complexity index is 560. The quantitative estimate of drug-likeness (QED) is 0.778. The summed E-state index contributed by atoms with van der Waals surface area (Å²) in [6.45, 7) is 3.71. The highest BCUT2D eigenvalue weighted by atomic mass is 16.5. The fraction of sp³-hybridized carbons (Fsp3) is 0.579. The first-order valence-electron chi connectivity index (χ1n) is 8.78. The monoisotopic (exact) mass is 331 g/mol. The third-order valence-electron chi connectivity index (χ3n) is 5.11. The van der Waals surface area contributed by atoms with Gasteiger partial charge in [-0.15, -0.1) is 0 Å². The smallest absolute Gasteiger partial charge is 0.325 e. The summed E-state index contributed by atoms with van der Waals surface area (Å²) in [5.41, 5.74) is 0.618. The molecule has 0 unspecified atom stereocenters. The molecule has 0 spiro atoms. The van der Waals surface area contributed by atoms with Gasteiger partial charge in [0.1, 0.15) is 6.54 Å². The minimum absolute atomic E-state index is 0.0204. The van der Waals surface area contributed by atoms with Gasteiger partial charge < -0.3 is 14.4 Å². The summed E-state index contributed by atoms with van der Waals surface area (Å²) in [7, 11) is 0. The second-order valence-electron chi connectivity index (χ2n) is 6.61. The molecular weight excluding hydrogens is 306 g/mol. The summed E-state index contributed by atoms with van der Waals surface area (Å²) < 4.78 is 10.7. The number of nitrogens with zero attached hydrogens (tertiary/aromatic N) is 1. The van der Waals surface area contributed by atoms with Gasteiger partial charge in [0, 0.05) is 24.8 Å². The van der Waals surface area contributed by atoms with Crippen LogP contribution in [0.25, 0.3) is 0 Å². The minimum Gasteiger partial charge on any atom is -0.465 e. The van der Waals surface area contributed by atoms with E-state index in [1.165, 1.54) is 0 Å². The summed E-state index contributed by atoms with van der Waals surface area (Å²) in [6, 6.07) is 9.25. The SMILES string of the molecule is CCOC(=O)CN(C(=O)c1ccccc1)[C@H]1C[C@H]2CCOC[C@H]2C1. The van der Waals surface area contributed by atoms with Crippen LogP contribution in [0.5, 0.6) is 0 Å². The standard InChI is InChI=1S/C19H25NO4/c1-2-24-18(21)12-20(19(22)14-6-4-3-5-7-14)17-10-15-8-9-23-13-16(15)11-17/h3-7,15-17H,2,8-13H2,1H3/t15-,16-,17+/m1/s1. The predicted molar refractivity (Wildman–Crippen MR) is 89.5 cm³/mol. The Hall–Kier alpha value is -1.88. The maximum absolute atomic E-state index is 13.0. The van der Waals surface area contributed by atoms with Gasteiger partial charge in [-0.25, -0.2) is 0 Å². The predicted octanol–water partition coefficient (Wildman–Crippen LogP) is 2.51. The topological polar surface area (TPSA) is 55.8 Å². The second kappa shape index (κ2) is 7.79. The number of fused-ring (bicyclic) bond motifs is 1. The molecule has 1 amide bonds. The van der Waals surface area contributed by atoms with Crippen LogP contribution in [-0.2, 0) is 14.3 Å². The molecule has 2 aliphatic rings. The number of hydrogen-bond donors (Lipinski definition) is 0. The zero-order chi connectivity index (χ0) is 16.9. The number of amides is 1. The first kappa shape index (κ1) is 17.0. The molecule has 5 nitrogen and oxygen atoms in total. The molecule has 3 rings (SSSR count). The lowest BCUT2D eigenvalue weighted by molar-refractivity contribution is -0.144. The van der Waals surface area contributed by atoms with Crippen molar-refractivity contribution in [2.75, 3.05) is 26.4 Å². The maximum Gasteiger partial charge on any atom is 0.325 e. The van der Waals surface area contributed by atoms with Gasteiger partial charge in [-0.2, -0.15) is 0 Å². The molecule has 1 saturated heterocycles. The zero-order valence-electron chi connectivity index (χ0n) is 14.1. The lowest BCUT2D eigenvalue weighted by Gasteiger charge is -2.28. The van der Waals surface area contributed by atoms with E-state index in [1.807, 2.05) is 18.2 Å². The Morgan fingerprint density at radius 2 is 1.96 bits per heavy atom. The van der Waals surface area contributed by atoms with E-state index in [2.05, 4.69) is 0 Å². The van der Waals surface area contributed by atoms with Gasteiger partial charge in [-0.3, -0.25) is 9.59 Å². The van der Waals surface area contributed by atoms with Crippen LogP contribution in [0, 0.1) is 11.8 Å². The summed E-state index contributed by atoms with van der Waals surface area (Å²) in [4.78, 5) is 26.7. The molecule has 5 heteroatoms. The van der Waals surface area contributed by atoms with Crippen molar-refractivity contribution in [3.05, 3.63) is 35.9 Å². The number of hydrogen-bond acceptors (Lipinski definition) is 4. The normalized spacial score (nSPS) is 25.8. The molecule has 1 aliphatic carbocycles. The van der Waals surface area contributed by atoms with Crippen molar-refractivity contribution in [3.63, 3.8) is 0 Å². The highest BCUT2D eigenvalue weighted by molar-refractivity contribution is 5.96. The molecule has 3 atom stereocenters. The highest BCUT2D eigenvalue weighted by Gasteiger charge is 2.40. The lowest BCUT2D eigenvalue weighted by Crippen LogP contribution is -2.43. The molecule has 1 aliphatic heterocycles. The molecule has 1 aromatic rings. The lowest BCUT2D eigenvalue weighted by atomic mass is 9.92. The molecule has 1 heterocycles.